The van der Waals surface area contributed by atoms with Crippen LogP contribution >= 0.6 is 0 Å². The minimum atomic E-state index is -3.97. The lowest BCUT2D eigenvalue weighted by Gasteiger charge is -2.21. The lowest BCUT2D eigenvalue weighted by atomic mass is 10.00. The molecule has 0 amide bonds. The lowest BCUT2D eigenvalue weighted by Crippen LogP contribution is -2.25. The predicted octanol–water partition coefficient (Wildman–Crippen LogP) is 4.28. The van der Waals surface area contributed by atoms with E-state index in [4.69, 9.17) is 0 Å². The number of aromatic nitrogens is 2. The van der Waals surface area contributed by atoms with Crippen molar-refractivity contribution in [3.8, 4) is 0 Å². The van der Waals surface area contributed by atoms with Gasteiger partial charge in [0.05, 0.1) is 26.2 Å². The predicted molar refractivity (Wildman–Crippen MR) is 141 cm³/mol. The number of benzene rings is 1. The van der Waals surface area contributed by atoms with E-state index in [9.17, 15) is 26.9 Å². The maximum Gasteiger partial charge on any atom is 0.311 e. The van der Waals surface area contributed by atoms with E-state index in [0.29, 0.717) is 11.8 Å². The Balaban J connectivity index is 1.50. The molecule has 12 heteroatoms. The van der Waals surface area contributed by atoms with E-state index in [-0.39, 0.29) is 50.8 Å². The number of pyridine rings is 1. The molecule has 2 aliphatic carbocycles. The summed E-state index contributed by atoms with van der Waals surface area (Å²) in [5.41, 5.74) is 0.971. The van der Waals surface area contributed by atoms with Crippen LogP contribution in [-0.2, 0) is 19.9 Å². The number of aryl methyl sites for hydroxylation is 1. The van der Waals surface area contributed by atoms with Gasteiger partial charge in [-0.25, -0.2) is 25.8 Å². The number of fused-ring (bicyclic) bond motifs is 1. The van der Waals surface area contributed by atoms with Gasteiger partial charge in [0.2, 0.25) is 0 Å². The summed E-state index contributed by atoms with van der Waals surface area (Å²) in [7, 11) is -7.09. The van der Waals surface area contributed by atoms with Crippen LogP contribution < -0.4 is 5.32 Å². The molecular weight excluding hydrogens is 516 g/mol. The molecule has 198 valence electrons. The number of hydrogen-bond acceptors (Lipinski definition) is 8. The number of nitro groups is 1. The molecular formula is C25H30N4O6S2. The largest absolute Gasteiger partial charge is 0.376 e. The van der Waals surface area contributed by atoms with Crippen molar-refractivity contribution < 1.29 is 21.8 Å². The van der Waals surface area contributed by atoms with E-state index in [1.807, 2.05) is 13.8 Å². The molecule has 1 N–H and O–H groups in total. The highest BCUT2D eigenvalue weighted by Gasteiger charge is 2.41. The maximum atomic E-state index is 13.3. The van der Waals surface area contributed by atoms with Crippen LogP contribution in [0.4, 0.5) is 11.4 Å². The maximum absolute atomic E-state index is 13.3. The van der Waals surface area contributed by atoms with Crippen LogP contribution in [0.25, 0.3) is 11.0 Å². The first kappa shape index (κ1) is 25.7. The van der Waals surface area contributed by atoms with Gasteiger partial charge in [-0.2, -0.15) is 0 Å². The number of nitrogens with one attached hydrogen (secondary N) is 1. The summed E-state index contributed by atoms with van der Waals surface area (Å²) < 4.78 is 52.9. The molecule has 5 rings (SSSR count). The van der Waals surface area contributed by atoms with Crippen LogP contribution in [0, 0.1) is 28.9 Å². The standard InChI is InChI=1S/C25H30N4O6S2/c1-3-18-12-17(15-36(32,33)19-8-9-19)13-22(18)27-24-21-10-11-28(25(21)26-14-23(24)29(30)31)37(34,35)20-6-4-16(2)5-7-20/h4-7,10-11,14,17-19,22H,3,8-9,12-13,15H2,1-2H3,(H,26,27)/t17-,18+,22-/m0/s1. The molecule has 2 heterocycles. The van der Waals surface area contributed by atoms with Crippen LogP contribution in [0.3, 0.4) is 0 Å². The molecule has 0 aliphatic heterocycles. The Labute approximate surface area is 216 Å². The second-order valence-corrected chi connectivity index (χ2v) is 14.4. The van der Waals surface area contributed by atoms with E-state index in [0.717, 1.165) is 41.4 Å². The summed E-state index contributed by atoms with van der Waals surface area (Å²) in [6.07, 6.45) is 6.01. The van der Waals surface area contributed by atoms with E-state index >= 15 is 0 Å². The van der Waals surface area contributed by atoms with Crippen LogP contribution in [0.2, 0.25) is 0 Å². The molecule has 0 radical (unpaired) electrons. The third kappa shape index (κ3) is 4.84. The van der Waals surface area contributed by atoms with Crippen molar-refractivity contribution in [1.29, 1.82) is 0 Å². The molecule has 10 nitrogen and oxygen atoms in total. The zero-order valence-electron chi connectivity index (χ0n) is 20.7. The van der Waals surface area contributed by atoms with Gasteiger partial charge in [-0.05, 0) is 62.6 Å². The van der Waals surface area contributed by atoms with Crippen LogP contribution in [0.5, 0.6) is 0 Å². The summed E-state index contributed by atoms with van der Waals surface area (Å²) >= 11 is 0. The molecule has 37 heavy (non-hydrogen) atoms. The van der Waals surface area contributed by atoms with Gasteiger partial charge in [0.15, 0.2) is 15.5 Å². The minimum Gasteiger partial charge on any atom is -0.376 e. The quantitative estimate of drug-likeness (QED) is 0.310. The molecule has 1 aromatic carbocycles. The van der Waals surface area contributed by atoms with Crippen molar-refractivity contribution in [2.75, 3.05) is 11.1 Å². The Morgan fingerprint density at radius 1 is 1.11 bits per heavy atom. The van der Waals surface area contributed by atoms with Gasteiger partial charge in [0, 0.05) is 12.2 Å². The highest BCUT2D eigenvalue weighted by Crippen LogP contribution is 2.41. The van der Waals surface area contributed by atoms with E-state index in [2.05, 4.69) is 10.3 Å². The number of anilines is 1. The summed E-state index contributed by atoms with van der Waals surface area (Å²) in [5, 5.41) is 15.3. The monoisotopic (exact) mass is 546 g/mol. The average Bonchev–Trinajstić information content (AvgIpc) is 3.51. The number of rotatable bonds is 9. The first-order valence-corrected chi connectivity index (χ1v) is 15.6. The Hall–Kier alpha value is -2.99. The van der Waals surface area contributed by atoms with Crippen molar-refractivity contribution in [3.63, 3.8) is 0 Å². The van der Waals surface area contributed by atoms with Gasteiger partial charge in [-0.15, -0.1) is 0 Å². The molecule has 0 saturated heterocycles. The molecule has 0 spiro atoms. The third-order valence-electron chi connectivity index (χ3n) is 7.58. The van der Waals surface area contributed by atoms with Crippen molar-refractivity contribution in [1.82, 2.24) is 8.96 Å². The Kier molecular flexibility index (Phi) is 6.51. The smallest absolute Gasteiger partial charge is 0.311 e. The zero-order chi connectivity index (χ0) is 26.5. The lowest BCUT2D eigenvalue weighted by molar-refractivity contribution is -0.384. The normalized spacial score (nSPS) is 22.4. The first-order valence-electron chi connectivity index (χ1n) is 12.5. The van der Waals surface area contributed by atoms with Gasteiger partial charge >= 0.3 is 5.69 Å². The molecule has 3 aromatic rings. The van der Waals surface area contributed by atoms with Gasteiger partial charge in [-0.3, -0.25) is 10.1 Å². The topological polar surface area (TPSA) is 141 Å². The zero-order valence-corrected chi connectivity index (χ0v) is 22.3. The van der Waals surface area contributed by atoms with Crippen LogP contribution in [0.1, 0.15) is 44.6 Å². The summed E-state index contributed by atoms with van der Waals surface area (Å²) in [6.45, 7) is 3.89. The summed E-state index contributed by atoms with van der Waals surface area (Å²) in [4.78, 5) is 15.6. The minimum absolute atomic E-state index is 0.0176. The highest BCUT2D eigenvalue weighted by atomic mass is 32.2. The fraction of sp³-hybridized carbons (Fsp3) is 0.480. The van der Waals surface area contributed by atoms with Gasteiger partial charge in [-0.1, -0.05) is 31.0 Å². The second-order valence-electron chi connectivity index (χ2n) is 10.2. The third-order valence-corrected chi connectivity index (χ3v) is 11.7. The summed E-state index contributed by atoms with van der Waals surface area (Å²) in [5.74, 6) is 0.266. The Morgan fingerprint density at radius 2 is 1.81 bits per heavy atom. The first-order chi connectivity index (χ1) is 17.5. The van der Waals surface area contributed by atoms with Crippen molar-refractivity contribution >= 4 is 42.3 Å². The van der Waals surface area contributed by atoms with Crippen molar-refractivity contribution in [2.24, 2.45) is 11.8 Å². The fourth-order valence-electron chi connectivity index (χ4n) is 5.44. The van der Waals surface area contributed by atoms with Gasteiger partial charge in [0.1, 0.15) is 11.9 Å². The van der Waals surface area contributed by atoms with Gasteiger partial charge < -0.3 is 5.32 Å². The number of sulfone groups is 1. The Bertz CT molecular complexity index is 1560. The molecule has 3 atom stereocenters. The van der Waals surface area contributed by atoms with Crippen molar-refractivity contribution in [3.05, 3.63) is 58.4 Å². The van der Waals surface area contributed by atoms with E-state index in [1.165, 1.54) is 24.4 Å². The Morgan fingerprint density at radius 3 is 2.43 bits per heavy atom. The van der Waals surface area contributed by atoms with Gasteiger partial charge in [0.25, 0.3) is 10.0 Å². The highest BCUT2D eigenvalue weighted by molar-refractivity contribution is 7.92. The summed E-state index contributed by atoms with van der Waals surface area (Å²) in [6, 6.07) is 7.78. The van der Waals surface area contributed by atoms with Crippen molar-refractivity contribution in [2.45, 2.75) is 62.1 Å². The second kappa shape index (κ2) is 9.39. The van der Waals surface area contributed by atoms with Crippen LogP contribution in [0.15, 0.2) is 47.6 Å². The SMILES string of the molecule is CC[C@@H]1C[C@H](CS(=O)(=O)C2CC2)C[C@@H]1Nc1c([N+](=O)[O-])cnc2c1ccn2S(=O)(=O)c1ccc(C)cc1. The molecule has 2 aliphatic rings. The molecule has 0 unspecified atom stereocenters. The number of hydrogen-bond donors (Lipinski definition) is 1. The fourth-order valence-corrected chi connectivity index (χ4v) is 8.80. The average molecular weight is 547 g/mol. The molecule has 2 saturated carbocycles. The number of nitrogens with zero attached hydrogens (tertiary/aromatic N) is 3. The van der Waals surface area contributed by atoms with Crippen LogP contribution in [-0.4, -0.2) is 47.8 Å². The molecule has 2 aromatic heterocycles. The molecule has 2 fully saturated rings. The van der Waals surface area contributed by atoms with E-state index < -0.39 is 24.8 Å². The molecule has 0 bridgehead atoms. The van der Waals surface area contributed by atoms with E-state index in [1.54, 1.807) is 12.1 Å².